The van der Waals surface area contributed by atoms with E-state index >= 15 is 0 Å². The lowest BCUT2D eigenvalue weighted by Gasteiger charge is -2.18. The lowest BCUT2D eigenvalue weighted by Crippen LogP contribution is -2.18. The summed E-state index contributed by atoms with van der Waals surface area (Å²) in [6.45, 7) is 4.09. The Morgan fingerprint density at radius 2 is 1.89 bits per heavy atom. The minimum Gasteiger partial charge on any atom is -0.384 e. The second-order valence-electron chi connectivity index (χ2n) is 6.95. The van der Waals surface area contributed by atoms with E-state index in [4.69, 9.17) is 4.98 Å². The molecule has 0 saturated heterocycles. The Labute approximate surface area is 157 Å². The molecule has 0 aliphatic carbocycles. The van der Waals surface area contributed by atoms with Crippen LogP contribution in [0, 0.1) is 0 Å². The van der Waals surface area contributed by atoms with Gasteiger partial charge in [-0.15, -0.1) is 0 Å². The number of rotatable bonds is 5. The van der Waals surface area contributed by atoms with Crippen LogP contribution >= 0.6 is 0 Å². The van der Waals surface area contributed by atoms with Crippen LogP contribution in [0.1, 0.15) is 25.1 Å². The minimum absolute atomic E-state index is 0.583. The van der Waals surface area contributed by atoms with E-state index in [1.165, 1.54) is 0 Å². The fourth-order valence-corrected chi connectivity index (χ4v) is 3.00. The number of benzene rings is 1. The van der Waals surface area contributed by atoms with Gasteiger partial charge in [-0.25, -0.2) is 9.97 Å². The molecule has 0 atom stereocenters. The van der Waals surface area contributed by atoms with Gasteiger partial charge in [-0.3, -0.25) is 9.38 Å². The van der Waals surface area contributed by atoms with Crippen molar-refractivity contribution in [3.8, 4) is 11.3 Å². The maximum Gasteiger partial charge on any atom is 0.180 e. The number of aromatic nitrogens is 4. The number of hydrogen-bond donors (Lipinski definition) is 2. The highest BCUT2D eigenvalue weighted by Gasteiger charge is 2.23. The smallest absolute Gasteiger partial charge is 0.180 e. The monoisotopic (exact) mass is 359 g/mol. The quantitative estimate of drug-likeness (QED) is 0.569. The van der Waals surface area contributed by atoms with Crippen molar-refractivity contribution in [2.45, 2.75) is 26.0 Å². The van der Waals surface area contributed by atoms with Crippen molar-refractivity contribution in [3.05, 3.63) is 78.5 Å². The minimum atomic E-state index is -1.02. The van der Waals surface area contributed by atoms with Crippen LogP contribution in [0.5, 0.6) is 0 Å². The lowest BCUT2D eigenvalue weighted by atomic mass is 10.1. The lowest BCUT2D eigenvalue weighted by molar-refractivity contribution is 0.0730. The predicted molar refractivity (Wildman–Crippen MR) is 105 cm³/mol. The van der Waals surface area contributed by atoms with Gasteiger partial charge >= 0.3 is 0 Å². The molecule has 0 aliphatic rings. The third-order valence-electron chi connectivity index (χ3n) is 4.37. The van der Waals surface area contributed by atoms with Crippen LogP contribution in [0.3, 0.4) is 0 Å². The van der Waals surface area contributed by atoms with Gasteiger partial charge in [0.15, 0.2) is 11.5 Å². The molecule has 0 amide bonds. The molecule has 2 N–H and O–H groups in total. The molecule has 3 aromatic heterocycles. The number of nitrogens with one attached hydrogen (secondary N) is 1. The molecule has 27 heavy (non-hydrogen) atoms. The summed E-state index contributed by atoms with van der Waals surface area (Å²) in [5.74, 6) is 0.663. The summed E-state index contributed by atoms with van der Waals surface area (Å²) >= 11 is 0. The van der Waals surface area contributed by atoms with Crippen molar-refractivity contribution in [2.24, 2.45) is 0 Å². The van der Waals surface area contributed by atoms with Gasteiger partial charge < -0.3 is 10.4 Å². The van der Waals surface area contributed by atoms with Crippen molar-refractivity contribution in [2.75, 3.05) is 5.32 Å². The van der Waals surface area contributed by atoms with Crippen molar-refractivity contribution < 1.29 is 5.11 Å². The van der Waals surface area contributed by atoms with Crippen molar-refractivity contribution >= 4 is 11.5 Å². The van der Waals surface area contributed by atoms with Crippen LogP contribution in [0.4, 0.5) is 5.82 Å². The van der Waals surface area contributed by atoms with Gasteiger partial charge in [0, 0.05) is 30.7 Å². The average molecular weight is 359 g/mol. The predicted octanol–water partition coefficient (Wildman–Crippen LogP) is 3.63. The van der Waals surface area contributed by atoms with E-state index in [-0.39, 0.29) is 0 Å². The first kappa shape index (κ1) is 17.2. The molecule has 0 radical (unpaired) electrons. The Hall–Kier alpha value is -3.25. The third-order valence-corrected chi connectivity index (χ3v) is 4.37. The molecule has 0 saturated carbocycles. The van der Waals surface area contributed by atoms with Crippen LogP contribution in [0.2, 0.25) is 0 Å². The number of nitrogens with zero attached hydrogens (tertiary/aromatic N) is 4. The van der Waals surface area contributed by atoms with Gasteiger partial charge in [-0.05, 0) is 25.5 Å². The first-order chi connectivity index (χ1) is 13.0. The van der Waals surface area contributed by atoms with E-state index in [2.05, 4.69) is 15.3 Å². The van der Waals surface area contributed by atoms with Gasteiger partial charge in [-0.1, -0.05) is 36.4 Å². The molecular weight excluding hydrogens is 338 g/mol. The first-order valence-electron chi connectivity index (χ1n) is 8.81. The number of pyridine rings is 1. The van der Waals surface area contributed by atoms with Crippen molar-refractivity contribution in [1.29, 1.82) is 0 Å². The van der Waals surface area contributed by atoms with E-state index in [0.717, 1.165) is 16.8 Å². The van der Waals surface area contributed by atoms with Gasteiger partial charge in [0.05, 0.1) is 17.6 Å². The zero-order valence-corrected chi connectivity index (χ0v) is 15.3. The zero-order chi connectivity index (χ0) is 18.9. The van der Waals surface area contributed by atoms with E-state index in [9.17, 15) is 5.11 Å². The number of imidazole rings is 1. The highest BCUT2D eigenvalue weighted by atomic mass is 16.3. The van der Waals surface area contributed by atoms with Crippen molar-refractivity contribution in [3.63, 3.8) is 0 Å². The number of aliphatic hydroxyl groups is 1. The Balaban J connectivity index is 1.82. The van der Waals surface area contributed by atoms with E-state index < -0.39 is 5.60 Å². The van der Waals surface area contributed by atoms with Crippen molar-refractivity contribution in [1.82, 2.24) is 19.4 Å². The third kappa shape index (κ3) is 3.52. The molecule has 0 aliphatic heterocycles. The Morgan fingerprint density at radius 3 is 2.59 bits per heavy atom. The van der Waals surface area contributed by atoms with Crippen LogP contribution < -0.4 is 5.32 Å². The van der Waals surface area contributed by atoms with Crippen LogP contribution in [-0.2, 0) is 12.1 Å². The highest BCUT2D eigenvalue weighted by Crippen LogP contribution is 2.27. The summed E-state index contributed by atoms with van der Waals surface area (Å²) in [4.78, 5) is 13.4. The molecule has 0 spiro atoms. The maximum atomic E-state index is 10.5. The number of fused-ring (bicyclic) bond motifs is 1. The molecule has 0 unspecified atom stereocenters. The first-order valence-corrected chi connectivity index (χ1v) is 8.81. The summed E-state index contributed by atoms with van der Waals surface area (Å²) < 4.78 is 1.90. The second-order valence-corrected chi connectivity index (χ2v) is 6.95. The van der Waals surface area contributed by atoms with Crippen LogP contribution in [0.15, 0.2) is 67.3 Å². The van der Waals surface area contributed by atoms with Gasteiger partial charge in [0.2, 0.25) is 0 Å². The van der Waals surface area contributed by atoms with E-state index in [1.54, 1.807) is 26.2 Å². The standard InChI is InChI=1S/C21H21N5O/c1-21(2,27)18-13-24-20-19(23-12-15-7-6-10-22-11-15)25-17(14-26(18)20)16-8-4-3-5-9-16/h3-11,13-14,27H,12H2,1-2H3,(H,23,25). The Kier molecular flexibility index (Phi) is 4.33. The summed E-state index contributed by atoms with van der Waals surface area (Å²) in [5, 5.41) is 13.9. The van der Waals surface area contributed by atoms with Crippen LogP contribution in [-0.4, -0.2) is 24.5 Å². The molecule has 4 rings (SSSR count). The molecule has 1 aromatic carbocycles. The van der Waals surface area contributed by atoms with Gasteiger partial charge in [0.1, 0.15) is 5.60 Å². The second kappa shape index (κ2) is 6.81. The molecular formula is C21H21N5O. The summed E-state index contributed by atoms with van der Waals surface area (Å²) in [6.07, 6.45) is 7.18. The number of anilines is 1. The van der Waals surface area contributed by atoms with Gasteiger partial charge in [0.25, 0.3) is 0 Å². The Morgan fingerprint density at radius 1 is 1.07 bits per heavy atom. The Bertz CT molecular complexity index is 1050. The summed E-state index contributed by atoms with van der Waals surface area (Å²) in [5.41, 5.74) is 3.23. The maximum absolute atomic E-state index is 10.5. The summed E-state index contributed by atoms with van der Waals surface area (Å²) in [6, 6.07) is 13.9. The molecule has 3 heterocycles. The fraction of sp³-hybridized carbons (Fsp3) is 0.190. The molecule has 6 nitrogen and oxygen atoms in total. The normalized spacial score (nSPS) is 11.7. The SMILES string of the molecule is CC(C)(O)c1cnc2c(NCc3cccnc3)nc(-c3ccccc3)cn12. The summed E-state index contributed by atoms with van der Waals surface area (Å²) in [7, 11) is 0. The van der Waals surface area contributed by atoms with E-state index in [0.29, 0.717) is 23.7 Å². The molecule has 6 heteroatoms. The van der Waals surface area contributed by atoms with E-state index in [1.807, 2.05) is 59.3 Å². The topological polar surface area (TPSA) is 75.3 Å². The molecule has 0 fully saturated rings. The molecule has 4 aromatic rings. The largest absolute Gasteiger partial charge is 0.384 e. The zero-order valence-electron chi connectivity index (χ0n) is 15.3. The average Bonchev–Trinajstić information content (AvgIpc) is 3.12. The number of hydrogen-bond acceptors (Lipinski definition) is 5. The van der Waals surface area contributed by atoms with Crippen LogP contribution in [0.25, 0.3) is 16.9 Å². The molecule has 136 valence electrons. The highest BCUT2D eigenvalue weighted by molar-refractivity contribution is 5.70. The molecule has 0 bridgehead atoms. The van der Waals surface area contributed by atoms with Gasteiger partial charge in [-0.2, -0.15) is 0 Å². The fourth-order valence-electron chi connectivity index (χ4n) is 3.00.